The Morgan fingerprint density at radius 2 is 1.27 bits per heavy atom. The summed E-state index contributed by atoms with van der Waals surface area (Å²) in [5, 5.41) is 18.7. The molecular formula is C36H27N3O3S2. The third-order valence-corrected chi connectivity index (χ3v) is 11.4. The van der Waals surface area contributed by atoms with Gasteiger partial charge in [-0.1, -0.05) is 138 Å². The van der Waals surface area contributed by atoms with E-state index in [0.717, 1.165) is 22.3 Å². The Kier molecular flexibility index (Phi) is 6.91. The summed E-state index contributed by atoms with van der Waals surface area (Å²) in [7, 11) is 0. The van der Waals surface area contributed by atoms with Gasteiger partial charge >= 0.3 is 0 Å². The summed E-state index contributed by atoms with van der Waals surface area (Å²) in [6.45, 7) is 4.16. The molecule has 0 unspecified atom stereocenters. The molecule has 6 nitrogen and oxygen atoms in total. The van der Waals surface area contributed by atoms with Crippen LogP contribution in [-0.4, -0.2) is 15.8 Å². The van der Waals surface area contributed by atoms with E-state index in [-0.39, 0.29) is 11.5 Å². The third-order valence-electron chi connectivity index (χ3n) is 8.09. The number of benzene rings is 5. The molecule has 1 spiro atoms. The lowest BCUT2D eigenvalue weighted by Crippen LogP contribution is -2.34. The SMILES string of the molecule is Cc1ccc(C2(c3ccc(C)cc3)S[C@@]3(SC(C(=O)c4ccccc4)=NN3c3ccc([N+](=O)[O-])cc3)c3ccccc32)cc1. The molecule has 0 amide bonds. The number of ketones is 1. The number of fused-ring (bicyclic) bond motifs is 2. The van der Waals surface area contributed by atoms with Crippen molar-refractivity contribution in [3.05, 3.63) is 176 Å². The molecule has 0 aliphatic carbocycles. The molecule has 0 aromatic heterocycles. The maximum atomic E-state index is 13.9. The van der Waals surface area contributed by atoms with Crippen molar-refractivity contribution in [1.82, 2.24) is 0 Å². The predicted molar refractivity (Wildman–Crippen MR) is 179 cm³/mol. The smallest absolute Gasteiger partial charge is 0.269 e. The second-order valence-electron chi connectivity index (χ2n) is 10.9. The molecule has 0 saturated carbocycles. The zero-order valence-corrected chi connectivity index (χ0v) is 25.6. The highest BCUT2D eigenvalue weighted by molar-refractivity contribution is 8.27. The summed E-state index contributed by atoms with van der Waals surface area (Å²) >= 11 is 3.17. The van der Waals surface area contributed by atoms with E-state index in [1.807, 2.05) is 29.3 Å². The van der Waals surface area contributed by atoms with Gasteiger partial charge in [-0.2, -0.15) is 5.10 Å². The molecule has 0 radical (unpaired) electrons. The molecule has 0 saturated heterocycles. The molecule has 2 aliphatic rings. The molecule has 5 aromatic rings. The lowest BCUT2D eigenvalue weighted by molar-refractivity contribution is -0.384. The van der Waals surface area contributed by atoms with Crippen molar-refractivity contribution in [1.29, 1.82) is 0 Å². The Labute approximate surface area is 264 Å². The van der Waals surface area contributed by atoms with Gasteiger partial charge in [0, 0.05) is 23.3 Å². The van der Waals surface area contributed by atoms with Crippen LogP contribution in [0.4, 0.5) is 11.4 Å². The Morgan fingerprint density at radius 1 is 0.727 bits per heavy atom. The maximum Gasteiger partial charge on any atom is 0.269 e. The number of carbonyl (C=O) groups excluding carboxylic acids is 1. The van der Waals surface area contributed by atoms with E-state index in [0.29, 0.717) is 16.3 Å². The van der Waals surface area contributed by atoms with Crippen molar-refractivity contribution in [3.63, 3.8) is 0 Å². The first-order chi connectivity index (χ1) is 21.3. The molecule has 7 rings (SSSR count). The number of anilines is 1. The van der Waals surface area contributed by atoms with Crippen molar-refractivity contribution >= 4 is 45.7 Å². The summed E-state index contributed by atoms with van der Waals surface area (Å²) in [5.41, 5.74) is 7.91. The van der Waals surface area contributed by atoms with Gasteiger partial charge < -0.3 is 0 Å². The molecule has 0 fully saturated rings. The van der Waals surface area contributed by atoms with Gasteiger partial charge in [-0.05, 0) is 42.7 Å². The second-order valence-corrected chi connectivity index (χ2v) is 13.8. The number of nitro groups is 1. The monoisotopic (exact) mass is 613 g/mol. The first-order valence-corrected chi connectivity index (χ1v) is 15.8. The standard InChI is InChI=1S/C36H27N3O3S2/c1-24-12-16-27(17-13-24)35(28-18-14-25(2)15-19-28)31-10-6-7-11-32(31)36(44-35)38(29-20-22-30(23-21-29)39(41)42)37-34(43-36)33(40)26-8-4-3-5-9-26/h3-23H,1-2H3/t36-/m0/s1. The van der Waals surface area contributed by atoms with Gasteiger partial charge in [0.05, 0.1) is 15.4 Å². The van der Waals surface area contributed by atoms with Gasteiger partial charge in [0.1, 0.15) is 0 Å². The van der Waals surface area contributed by atoms with E-state index in [2.05, 4.69) is 80.6 Å². The quantitative estimate of drug-likeness (QED) is 0.108. The summed E-state index contributed by atoms with van der Waals surface area (Å²) in [6, 6.07) is 41.2. The summed E-state index contributed by atoms with van der Waals surface area (Å²) < 4.78 is -1.52. The van der Waals surface area contributed by atoms with Crippen molar-refractivity contribution < 1.29 is 9.72 Å². The number of rotatable bonds is 6. The fraction of sp³-hybridized carbons (Fsp3) is 0.111. The summed E-state index contributed by atoms with van der Waals surface area (Å²) in [4.78, 5) is 25.0. The number of hydrazone groups is 1. The minimum atomic E-state index is -0.887. The number of carbonyl (C=O) groups is 1. The van der Waals surface area contributed by atoms with Gasteiger partial charge in [-0.15, -0.1) is 0 Å². The lowest BCUT2D eigenvalue weighted by atomic mass is 9.81. The largest absolute Gasteiger partial charge is 0.286 e. The molecule has 0 bridgehead atoms. The Balaban J connectivity index is 1.47. The number of Topliss-reactive ketones (excluding diaryl/α,β-unsaturated/α-hetero) is 1. The number of nitro benzene ring substituents is 1. The van der Waals surface area contributed by atoms with Crippen LogP contribution in [0.25, 0.3) is 0 Å². The van der Waals surface area contributed by atoms with Crippen molar-refractivity contribution in [2.75, 3.05) is 5.01 Å². The summed E-state index contributed by atoms with van der Waals surface area (Å²) in [6.07, 6.45) is 0. The summed E-state index contributed by atoms with van der Waals surface area (Å²) in [5.74, 6) is -0.166. The number of aryl methyl sites for hydroxylation is 2. The second kappa shape index (κ2) is 10.8. The minimum absolute atomic E-state index is 0.00709. The molecular weight excluding hydrogens is 587 g/mol. The van der Waals surface area contributed by atoms with Gasteiger partial charge in [0.25, 0.3) is 5.69 Å². The highest BCUT2D eigenvalue weighted by atomic mass is 32.2. The number of nitrogens with zero attached hydrogens (tertiary/aromatic N) is 3. The molecule has 8 heteroatoms. The van der Waals surface area contributed by atoms with Crippen LogP contribution >= 0.6 is 23.5 Å². The normalized spacial score (nSPS) is 18.2. The van der Waals surface area contributed by atoms with Crippen LogP contribution in [0.1, 0.15) is 43.7 Å². The molecule has 216 valence electrons. The first kappa shape index (κ1) is 28.1. The first-order valence-electron chi connectivity index (χ1n) is 14.2. The number of thioether (sulfide) groups is 2. The van der Waals surface area contributed by atoms with Gasteiger partial charge in [0.15, 0.2) is 9.25 Å². The predicted octanol–water partition coefficient (Wildman–Crippen LogP) is 8.81. The van der Waals surface area contributed by atoms with Gasteiger partial charge in [0.2, 0.25) is 5.78 Å². The zero-order chi connectivity index (χ0) is 30.5. The molecule has 44 heavy (non-hydrogen) atoms. The highest BCUT2D eigenvalue weighted by Crippen LogP contribution is 2.71. The number of hydrogen-bond donors (Lipinski definition) is 0. The van der Waals surface area contributed by atoms with E-state index in [1.54, 1.807) is 36.0 Å². The number of hydrogen-bond acceptors (Lipinski definition) is 7. The van der Waals surface area contributed by atoms with Crippen molar-refractivity contribution in [2.24, 2.45) is 5.10 Å². The van der Waals surface area contributed by atoms with Gasteiger partial charge in [-0.25, -0.2) is 5.01 Å². The highest BCUT2D eigenvalue weighted by Gasteiger charge is 2.61. The van der Waals surface area contributed by atoms with E-state index in [9.17, 15) is 14.9 Å². The Hall–Kier alpha value is -4.66. The molecule has 2 heterocycles. The lowest BCUT2D eigenvalue weighted by Gasteiger charge is -2.37. The fourth-order valence-electron chi connectivity index (χ4n) is 5.89. The average Bonchev–Trinajstić information content (AvgIpc) is 3.58. The average molecular weight is 614 g/mol. The van der Waals surface area contributed by atoms with Crippen molar-refractivity contribution in [2.45, 2.75) is 22.8 Å². The van der Waals surface area contributed by atoms with Crippen LogP contribution in [0.15, 0.2) is 132 Å². The third kappa shape index (κ3) is 4.44. The van der Waals surface area contributed by atoms with Crippen LogP contribution < -0.4 is 5.01 Å². The number of non-ortho nitro benzene ring substituents is 1. The van der Waals surface area contributed by atoms with Crippen LogP contribution in [0.3, 0.4) is 0 Å². The minimum Gasteiger partial charge on any atom is -0.286 e. The Bertz CT molecular complexity index is 1880. The van der Waals surface area contributed by atoms with E-state index in [4.69, 9.17) is 5.10 Å². The Morgan fingerprint density at radius 3 is 1.84 bits per heavy atom. The zero-order valence-electron chi connectivity index (χ0n) is 24.0. The molecule has 2 aliphatic heterocycles. The molecule has 1 atom stereocenters. The van der Waals surface area contributed by atoms with Crippen LogP contribution in [-0.2, 0) is 8.95 Å². The van der Waals surface area contributed by atoms with E-state index in [1.165, 1.54) is 35.0 Å². The fourth-order valence-corrected chi connectivity index (χ4v) is 9.51. The van der Waals surface area contributed by atoms with Gasteiger partial charge in [-0.3, -0.25) is 14.9 Å². The van der Waals surface area contributed by atoms with E-state index >= 15 is 0 Å². The topological polar surface area (TPSA) is 75.8 Å². The van der Waals surface area contributed by atoms with Crippen LogP contribution in [0, 0.1) is 24.0 Å². The van der Waals surface area contributed by atoms with Crippen LogP contribution in [0.5, 0.6) is 0 Å². The van der Waals surface area contributed by atoms with E-state index < -0.39 is 13.9 Å². The van der Waals surface area contributed by atoms with Crippen LogP contribution in [0.2, 0.25) is 0 Å². The maximum absolute atomic E-state index is 13.9. The molecule has 5 aromatic carbocycles. The van der Waals surface area contributed by atoms with Crippen molar-refractivity contribution in [3.8, 4) is 0 Å². The molecule has 0 N–H and O–H groups in total.